The summed E-state index contributed by atoms with van der Waals surface area (Å²) in [6.07, 6.45) is 5.37. The summed E-state index contributed by atoms with van der Waals surface area (Å²) in [5, 5.41) is 22.3. The summed E-state index contributed by atoms with van der Waals surface area (Å²) in [7, 11) is 3.02. The maximum atomic E-state index is 12.7. The maximum Gasteiger partial charge on any atom is 0.266 e. The molecule has 1 aliphatic carbocycles. The van der Waals surface area contributed by atoms with Gasteiger partial charge >= 0.3 is 0 Å². The molecule has 0 saturated heterocycles. The van der Waals surface area contributed by atoms with Crippen molar-refractivity contribution in [2.75, 3.05) is 19.5 Å². The van der Waals surface area contributed by atoms with E-state index < -0.39 is 5.91 Å². The fraction of sp³-hybridized carbons (Fsp3) is 0.286. The number of thiophene rings is 1. The zero-order valence-electron chi connectivity index (χ0n) is 15.7. The van der Waals surface area contributed by atoms with Gasteiger partial charge in [-0.25, -0.2) is 0 Å². The normalized spacial score (nSPS) is 13.1. The van der Waals surface area contributed by atoms with Crippen LogP contribution in [0.4, 0.5) is 5.00 Å². The fourth-order valence-electron chi connectivity index (χ4n) is 3.27. The van der Waals surface area contributed by atoms with Gasteiger partial charge in [0, 0.05) is 10.4 Å². The lowest BCUT2D eigenvalue weighted by Gasteiger charge is -2.10. The highest BCUT2D eigenvalue weighted by atomic mass is 32.1. The smallest absolute Gasteiger partial charge is 0.266 e. The highest BCUT2D eigenvalue weighted by molar-refractivity contribution is 7.16. The van der Waals surface area contributed by atoms with E-state index in [4.69, 9.17) is 9.47 Å². The second-order valence-corrected chi connectivity index (χ2v) is 7.34. The van der Waals surface area contributed by atoms with E-state index in [0.717, 1.165) is 36.1 Å². The molecule has 28 heavy (non-hydrogen) atoms. The first kappa shape index (κ1) is 19.5. The first-order valence-corrected chi connectivity index (χ1v) is 9.63. The lowest BCUT2D eigenvalue weighted by Crippen LogP contribution is -2.13. The van der Waals surface area contributed by atoms with Gasteiger partial charge in [0.2, 0.25) is 0 Å². The van der Waals surface area contributed by atoms with Crippen LogP contribution in [0, 0.1) is 22.7 Å². The van der Waals surface area contributed by atoms with E-state index in [0.29, 0.717) is 27.6 Å². The average Bonchev–Trinajstić information content (AvgIpc) is 3.08. The first-order chi connectivity index (χ1) is 13.6. The Morgan fingerprint density at radius 3 is 2.68 bits per heavy atom. The number of hydrogen-bond acceptors (Lipinski definition) is 6. The molecule has 0 aliphatic heterocycles. The van der Waals surface area contributed by atoms with Gasteiger partial charge < -0.3 is 14.8 Å². The Labute approximate surface area is 167 Å². The molecule has 3 rings (SSSR count). The molecule has 142 valence electrons. The maximum absolute atomic E-state index is 12.7. The standard InChI is InChI=1S/C21H19N3O3S/c1-26-17-8-5-6-13(19(17)27-2)10-14(11-22)20(25)24-21-16(12-23)15-7-3-4-9-18(15)28-21/h5-6,8,10H,3-4,7,9H2,1-2H3,(H,24,25). The zero-order chi connectivity index (χ0) is 20.1. The minimum Gasteiger partial charge on any atom is -0.493 e. The third kappa shape index (κ3) is 3.71. The van der Waals surface area contributed by atoms with Crippen LogP contribution in [0.3, 0.4) is 0 Å². The summed E-state index contributed by atoms with van der Waals surface area (Å²) < 4.78 is 10.6. The minimum atomic E-state index is -0.553. The number of rotatable bonds is 5. The van der Waals surface area contributed by atoms with E-state index in [1.54, 1.807) is 18.2 Å². The average molecular weight is 393 g/mol. The van der Waals surface area contributed by atoms with Crippen molar-refractivity contribution in [1.82, 2.24) is 0 Å². The molecular weight excluding hydrogens is 374 g/mol. The lowest BCUT2D eigenvalue weighted by atomic mass is 9.96. The van der Waals surface area contributed by atoms with E-state index in [1.165, 1.54) is 31.6 Å². The Hall–Kier alpha value is -3.29. The zero-order valence-corrected chi connectivity index (χ0v) is 16.5. The van der Waals surface area contributed by atoms with Gasteiger partial charge in [0.15, 0.2) is 11.5 Å². The number of nitriles is 2. The number of anilines is 1. The molecular formula is C21H19N3O3S. The second-order valence-electron chi connectivity index (χ2n) is 6.23. The number of amides is 1. The monoisotopic (exact) mass is 393 g/mol. The van der Waals surface area contributed by atoms with E-state index in [1.807, 2.05) is 6.07 Å². The molecule has 0 spiro atoms. The predicted molar refractivity (Wildman–Crippen MR) is 107 cm³/mol. The van der Waals surface area contributed by atoms with Crippen molar-refractivity contribution in [2.45, 2.75) is 25.7 Å². The van der Waals surface area contributed by atoms with Crippen molar-refractivity contribution in [3.05, 3.63) is 45.3 Å². The number of nitrogens with zero attached hydrogens (tertiary/aromatic N) is 2. The SMILES string of the molecule is COc1cccc(C=C(C#N)C(=O)Nc2sc3c(c2C#N)CCCC3)c1OC. The number of methoxy groups -OCH3 is 2. The van der Waals surface area contributed by atoms with E-state index in [2.05, 4.69) is 11.4 Å². The number of ether oxygens (including phenoxy) is 2. The predicted octanol–water partition coefficient (Wildman–Crippen LogP) is 4.06. The van der Waals surface area contributed by atoms with Crippen molar-refractivity contribution < 1.29 is 14.3 Å². The molecule has 6 nitrogen and oxygen atoms in total. The number of benzene rings is 1. The number of hydrogen-bond donors (Lipinski definition) is 1. The van der Waals surface area contributed by atoms with Gasteiger partial charge in [-0.15, -0.1) is 11.3 Å². The van der Waals surface area contributed by atoms with Gasteiger partial charge in [0.05, 0.1) is 19.8 Å². The van der Waals surface area contributed by atoms with Crippen molar-refractivity contribution in [1.29, 1.82) is 10.5 Å². The summed E-state index contributed by atoms with van der Waals surface area (Å²) in [5.41, 5.74) is 2.02. The van der Waals surface area contributed by atoms with Crippen LogP contribution in [0.5, 0.6) is 11.5 Å². The van der Waals surface area contributed by atoms with Crippen LogP contribution >= 0.6 is 11.3 Å². The molecule has 0 atom stereocenters. The number of para-hydroxylation sites is 1. The number of carbonyl (C=O) groups excluding carboxylic acids is 1. The van der Waals surface area contributed by atoms with Gasteiger partial charge in [-0.3, -0.25) is 4.79 Å². The van der Waals surface area contributed by atoms with Crippen LogP contribution in [0.2, 0.25) is 0 Å². The quantitative estimate of drug-likeness (QED) is 0.610. The van der Waals surface area contributed by atoms with E-state index in [-0.39, 0.29) is 5.57 Å². The molecule has 2 aromatic rings. The molecule has 1 N–H and O–H groups in total. The van der Waals surface area contributed by atoms with E-state index >= 15 is 0 Å². The minimum absolute atomic E-state index is 0.0817. The Balaban J connectivity index is 1.92. The third-order valence-electron chi connectivity index (χ3n) is 4.61. The van der Waals surface area contributed by atoms with Crippen LogP contribution in [0.1, 0.15) is 34.4 Å². The summed E-state index contributed by atoms with van der Waals surface area (Å²) >= 11 is 1.43. The van der Waals surface area contributed by atoms with Gasteiger partial charge in [0.1, 0.15) is 22.7 Å². The molecule has 0 unspecified atom stereocenters. The van der Waals surface area contributed by atoms with Crippen LogP contribution < -0.4 is 14.8 Å². The van der Waals surface area contributed by atoms with Crippen molar-refractivity contribution in [3.8, 4) is 23.6 Å². The molecule has 1 heterocycles. The largest absolute Gasteiger partial charge is 0.493 e. The molecule has 0 saturated carbocycles. The van der Waals surface area contributed by atoms with Gasteiger partial charge in [-0.05, 0) is 43.4 Å². The van der Waals surface area contributed by atoms with Gasteiger partial charge in [0.25, 0.3) is 5.91 Å². The summed E-state index contributed by atoms with van der Waals surface area (Å²) in [6.45, 7) is 0. The Bertz CT molecular complexity index is 1020. The fourth-order valence-corrected chi connectivity index (χ4v) is 4.51. The molecule has 0 fully saturated rings. The summed E-state index contributed by atoms with van der Waals surface area (Å²) in [4.78, 5) is 13.9. The molecule has 0 radical (unpaired) electrons. The number of nitrogens with one attached hydrogen (secondary N) is 1. The Morgan fingerprint density at radius 1 is 1.21 bits per heavy atom. The van der Waals surface area contributed by atoms with Gasteiger partial charge in [-0.1, -0.05) is 12.1 Å². The van der Waals surface area contributed by atoms with Crippen LogP contribution in [-0.4, -0.2) is 20.1 Å². The molecule has 7 heteroatoms. The molecule has 0 bridgehead atoms. The molecule has 1 aromatic carbocycles. The Kier molecular flexibility index (Phi) is 5.98. The second kappa shape index (κ2) is 8.60. The van der Waals surface area contributed by atoms with Crippen molar-refractivity contribution in [3.63, 3.8) is 0 Å². The van der Waals surface area contributed by atoms with Crippen LogP contribution in [0.15, 0.2) is 23.8 Å². The summed E-state index contributed by atoms with van der Waals surface area (Å²) in [5.74, 6) is 0.393. The first-order valence-electron chi connectivity index (χ1n) is 8.81. The van der Waals surface area contributed by atoms with Crippen LogP contribution in [-0.2, 0) is 17.6 Å². The highest BCUT2D eigenvalue weighted by Gasteiger charge is 2.23. The van der Waals surface area contributed by atoms with E-state index in [9.17, 15) is 15.3 Å². The molecule has 1 aromatic heterocycles. The van der Waals surface area contributed by atoms with Crippen molar-refractivity contribution >= 4 is 28.3 Å². The number of fused-ring (bicyclic) bond motifs is 1. The lowest BCUT2D eigenvalue weighted by molar-refractivity contribution is -0.112. The van der Waals surface area contributed by atoms with Crippen molar-refractivity contribution in [2.24, 2.45) is 0 Å². The highest BCUT2D eigenvalue weighted by Crippen LogP contribution is 2.38. The van der Waals surface area contributed by atoms with Crippen LogP contribution in [0.25, 0.3) is 6.08 Å². The number of carbonyl (C=O) groups is 1. The molecule has 1 amide bonds. The molecule has 1 aliphatic rings. The van der Waals surface area contributed by atoms with Gasteiger partial charge in [-0.2, -0.15) is 10.5 Å². The number of aryl methyl sites for hydroxylation is 1. The topological polar surface area (TPSA) is 95.1 Å². The Morgan fingerprint density at radius 2 is 2.00 bits per heavy atom. The third-order valence-corrected chi connectivity index (χ3v) is 5.82. The summed E-state index contributed by atoms with van der Waals surface area (Å²) in [6, 6.07) is 9.36.